The number of aromatic nitrogens is 1. The van der Waals surface area contributed by atoms with Crippen LogP contribution in [0, 0.1) is 0 Å². The number of likely N-dealkylation sites (tertiary alicyclic amines) is 1. The van der Waals surface area contributed by atoms with Gasteiger partial charge in [-0.3, -0.25) is 9.69 Å². The van der Waals surface area contributed by atoms with Crippen LogP contribution >= 0.6 is 0 Å². The third-order valence-electron chi connectivity index (χ3n) is 4.23. The fourth-order valence-electron chi connectivity index (χ4n) is 3.22. The minimum Gasteiger partial charge on any atom is -0.480 e. The van der Waals surface area contributed by atoms with Crippen molar-refractivity contribution in [3.8, 4) is 0 Å². The van der Waals surface area contributed by atoms with E-state index in [0.29, 0.717) is 0 Å². The SMILES string of the molecule is CCn1cc(CN2CCCC2C(=O)O)c2ccccc21. The maximum Gasteiger partial charge on any atom is 0.320 e. The summed E-state index contributed by atoms with van der Waals surface area (Å²) in [6, 6.07) is 8.03. The molecule has 1 atom stereocenters. The summed E-state index contributed by atoms with van der Waals surface area (Å²) >= 11 is 0. The molecule has 2 aromatic rings. The van der Waals surface area contributed by atoms with Gasteiger partial charge >= 0.3 is 5.97 Å². The van der Waals surface area contributed by atoms with Crippen LogP contribution in [0.5, 0.6) is 0 Å². The van der Waals surface area contributed by atoms with Crippen LogP contribution in [0.15, 0.2) is 30.5 Å². The molecule has 0 aliphatic carbocycles. The van der Waals surface area contributed by atoms with Crippen molar-refractivity contribution in [2.24, 2.45) is 0 Å². The van der Waals surface area contributed by atoms with Gasteiger partial charge in [0.05, 0.1) is 0 Å². The highest BCUT2D eigenvalue weighted by Gasteiger charge is 2.30. The van der Waals surface area contributed by atoms with Crippen LogP contribution in [0.4, 0.5) is 0 Å². The number of carboxylic acids is 1. The average Bonchev–Trinajstić information content (AvgIpc) is 3.04. The molecule has 1 N–H and O–H groups in total. The fraction of sp³-hybridized carbons (Fsp3) is 0.438. The van der Waals surface area contributed by atoms with Gasteiger partial charge in [0.25, 0.3) is 0 Å². The first-order chi connectivity index (χ1) is 9.70. The number of aryl methyl sites for hydroxylation is 1. The molecule has 106 valence electrons. The predicted octanol–water partition coefficient (Wildman–Crippen LogP) is 2.71. The highest BCUT2D eigenvalue weighted by atomic mass is 16.4. The second-order valence-electron chi connectivity index (χ2n) is 5.42. The topological polar surface area (TPSA) is 45.5 Å². The van der Waals surface area contributed by atoms with Crippen molar-refractivity contribution in [2.45, 2.75) is 38.9 Å². The Morgan fingerprint density at radius 1 is 1.40 bits per heavy atom. The molecule has 20 heavy (non-hydrogen) atoms. The maximum absolute atomic E-state index is 11.3. The first kappa shape index (κ1) is 13.2. The van der Waals surface area contributed by atoms with E-state index in [1.54, 1.807) is 0 Å². The highest BCUT2D eigenvalue weighted by molar-refractivity contribution is 5.84. The lowest BCUT2D eigenvalue weighted by atomic mass is 10.1. The van der Waals surface area contributed by atoms with Gasteiger partial charge in [-0.1, -0.05) is 18.2 Å². The number of hydrogen-bond acceptors (Lipinski definition) is 2. The Morgan fingerprint density at radius 2 is 2.20 bits per heavy atom. The summed E-state index contributed by atoms with van der Waals surface area (Å²) in [7, 11) is 0. The molecule has 1 aliphatic rings. The zero-order valence-electron chi connectivity index (χ0n) is 11.7. The molecule has 0 amide bonds. The molecule has 0 bridgehead atoms. The second kappa shape index (κ2) is 5.29. The van der Waals surface area contributed by atoms with Crippen LogP contribution in [-0.4, -0.2) is 33.1 Å². The van der Waals surface area contributed by atoms with Crippen LogP contribution < -0.4 is 0 Å². The van der Waals surface area contributed by atoms with E-state index >= 15 is 0 Å². The summed E-state index contributed by atoms with van der Waals surface area (Å²) < 4.78 is 2.23. The second-order valence-corrected chi connectivity index (χ2v) is 5.42. The minimum atomic E-state index is -0.693. The van der Waals surface area contributed by atoms with Gasteiger partial charge in [-0.15, -0.1) is 0 Å². The molecule has 0 radical (unpaired) electrons. The van der Waals surface area contributed by atoms with Gasteiger partial charge in [0.15, 0.2) is 0 Å². The van der Waals surface area contributed by atoms with E-state index in [0.717, 1.165) is 32.5 Å². The number of para-hydroxylation sites is 1. The molecule has 1 aromatic heterocycles. The Morgan fingerprint density at radius 3 is 2.95 bits per heavy atom. The van der Waals surface area contributed by atoms with Gasteiger partial charge in [0, 0.05) is 30.2 Å². The summed E-state index contributed by atoms with van der Waals surface area (Å²) in [5.41, 5.74) is 2.46. The van der Waals surface area contributed by atoms with E-state index in [-0.39, 0.29) is 6.04 Å². The molecule has 2 heterocycles. The fourth-order valence-corrected chi connectivity index (χ4v) is 3.22. The van der Waals surface area contributed by atoms with Crippen molar-refractivity contribution in [3.05, 3.63) is 36.0 Å². The molecule has 1 unspecified atom stereocenters. The number of fused-ring (bicyclic) bond motifs is 1. The lowest BCUT2D eigenvalue weighted by Crippen LogP contribution is -2.35. The number of hydrogen-bond donors (Lipinski definition) is 1. The van der Waals surface area contributed by atoms with E-state index in [1.807, 2.05) is 12.1 Å². The van der Waals surface area contributed by atoms with Gasteiger partial charge in [0.1, 0.15) is 6.04 Å². The third kappa shape index (κ3) is 2.20. The number of carboxylic acid groups (broad SMARTS) is 1. The van der Waals surface area contributed by atoms with E-state index in [2.05, 4.69) is 34.7 Å². The summed E-state index contributed by atoms with van der Waals surface area (Å²) in [6.45, 7) is 4.67. The molecular weight excluding hydrogens is 252 g/mol. The third-order valence-corrected chi connectivity index (χ3v) is 4.23. The monoisotopic (exact) mass is 272 g/mol. The van der Waals surface area contributed by atoms with Crippen molar-refractivity contribution in [3.63, 3.8) is 0 Å². The van der Waals surface area contributed by atoms with Crippen molar-refractivity contribution < 1.29 is 9.90 Å². The Bertz CT molecular complexity index is 632. The van der Waals surface area contributed by atoms with Crippen LogP contribution in [0.3, 0.4) is 0 Å². The Labute approximate surface area is 118 Å². The molecular formula is C16H20N2O2. The Kier molecular flexibility index (Phi) is 3.49. The largest absolute Gasteiger partial charge is 0.480 e. The summed E-state index contributed by atoms with van der Waals surface area (Å²) in [4.78, 5) is 13.4. The number of benzene rings is 1. The molecule has 1 fully saturated rings. The van der Waals surface area contributed by atoms with E-state index in [1.165, 1.54) is 16.5 Å². The summed E-state index contributed by atoms with van der Waals surface area (Å²) in [5, 5.41) is 10.5. The van der Waals surface area contributed by atoms with Crippen molar-refractivity contribution in [2.75, 3.05) is 6.54 Å². The smallest absolute Gasteiger partial charge is 0.320 e. The zero-order chi connectivity index (χ0) is 14.1. The lowest BCUT2D eigenvalue weighted by molar-refractivity contribution is -0.142. The maximum atomic E-state index is 11.3. The summed E-state index contributed by atoms with van der Waals surface area (Å²) in [5.74, 6) is -0.693. The standard InChI is InChI=1S/C16H20N2O2/c1-2-17-10-12(13-6-3-4-7-14(13)17)11-18-9-5-8-15(18)16(19)20/h3-4,6-7,10,15H,2,5,8-9,11H2,1H3,(H,19,20). The molecule has 1 saturated heterocycles. The van der Waals surface area contributed by atoms with Gasteiger partial charge < -0.3 is 9.67 Å². The number of aliphatic carboxylic acids is 1. The van der Waals surface area contributed by atoms with Crippen molar-refractivity contribution >= 4 is 16.9 Å². The van der Waals surface area contributed by atoms with Gasteiger partial charge in [0.2, 0.25) is 0 Å². The molecule has 1 aromatic carbocycles. The number of carbonyl (C=O) groups is 1. The van der Waals surface area contributed by atoms with Crippen LogP contribution in [0.25, 0.3) is 10.9 Å². The lowest BCUT2D eigenvalue weighted by Gasteiger charge is -2.20. The van der Waals surface area contributed by atoms with Crippen LogP contribution in [-0.2, 0) is 17.9 Å². The Balaban J connectivity index is 1.93. The molecule has 1 aliphatic heterocycles. The minimum absolute atomic E-state index is 0.321. The predicted molar refractivity (Wildman–Crippen MR) is 78.7 cm³/mol. The summed E-state index contributed by atoms with van der Waals surface area (Å²) in [6.07, 6.45) is 3.91. The van der Waals surface area contributed by atoms with E-state index in [4.69, 9.17) is 0 Å². The van der Waals surface area contributed by atoms with Crippen molar-refractivity contribution in [1.29, 1.82) is 0 Å². The quantitative estimate of drug-likeness (QED) is 0.930. The molecule has 4 heteroatoms. The van der Waals surface area contributed by atoms with Crippen LogP contribution in [0.1, 0.15) is 25.3 Å². The van der Waals surface area contributed by atoms with E-state index in [9.17, 15) is 9.90 Å². The molecule has 0 saturated carbocycles. The van der Waals surface area contributed by atoms with E-state index < -0.39 is 5.97 Å². The normalized spacial score (nSPS) is 19.8. The van der Waals surface area contributed by atoms with Gasteiger partial charge in [-0.25, -0.2) is 0 Å². The van der Waals surface area contributed by atoms with Gasteiger partial charge in [-0.05, 0) is 37.9 Å². The first-order valence-electron chi connectivity index (χ1n) is 7.24. The number of rotatable bonds is 4. The van der Waals surface area contributed by atoms with Crippen molar-refractivity contribution in [1.82, 2.24) is 9.47 Å². The van der Waals surface area contributed by atoms with Gasteiger partial charge in [-0.2, -0.15) is 0 Å². The number of nitrogens with zero attached hydrogens (tertiary/aromatic N) is 2. The molecule has 3 rings (SSSR count). The first-order valence-corrected chi connectivity index (χ1v) is 7.24. The average molecular weight is 272 g/mol. The molecule has 4 nitrogen and oxygen atoms in total. The highest BCUT2D eigenvalue weighted by Crippen LogP contribution is 2.26. The molecule has 0 spiro atoms. The zero-order valence-corrected chi connectivity index (χ0v) is 11.7. The Hall–Kier alpha value is -1.81. The van der Waals surface area contributed by atoms with Crippen LogP contribution in [0.2, 0.25) is 0 Å².